The molecule has 22 heavy (non-hydrogen) atoms. The molecule has 0 aromatic heterocycles. The minimum Gasteiger partial charge on any atom is -0.481 e. The predicted octanol–water partition coefficient (Wildman–Crippen LogP) is 1.87. The molecule has 120 valence electrons. The highest BCUT2D eigenvalue weighted by Gasteiger charge is 2.26. The number of ketones is 1. The molecule has 1 fully saturated rings. The molecule has 1 heterocycles. The Hall–Kier alpha value is -1.88. The molecule has 1 aromatic rings. The molecule has 0 radical (unpaired) electrons. The monoisotopic (exact) mass is 304 g/mol. The van der Waals surface area contributed by atoms with Gasteiger partial charge in [0.05, 0.1) is 0 Å². The van der Waals surface area contributed by atoms with Crippen LogP contribution in [0.25, 0.3) is 0 Å². The third-order valence-corrected chi connectivity index (χ3v) is 4.12. The number of ether oxygens (including phenoxy) is 1. The molecule has 1 unspecified atom stereocenters. The van der Waals surface area contributed by atoms with Crippen LogP contribution >= 0.6 is 0 Å². The van der Waals surface area contributed by atoms with Crippen molar-refractivity contribution in [3.8, 4) is 5.75 Å². The van der Waals surface area contributed by atoms with Crippen LogP contribution in [-0.2, 0) is 4.79 Å². The van der Waals surface area contributed by atoms with Gasteiger partial charge in [-0.2, -0.15) is 0 Å². The Bertz CT molecular complexity index is 536. The quantitative estimate of drug-likeness (QED) is 0.844. The fraction of sp³-hybridized carbons (Fsp3) is 0.529. The van der Waals surface area contributed by atoms with Gasteiger partial charge in [0.1, 0.15) is 5.75 Å². The number of likely N-dealkylation sites (tertiary alicyclic amines) is 1. The van der Waals surface area contributed by atoms with Crippen molar-refractivity contribution in [2.24, 2.45) is 0 Å². The van der Waals surface area contributed by atoms with Gasteiger partial charge in [0, 0.05) is 24.7 Å². The van der Waals surface area contributed by atoms with Gasteiger partial charge in [0.25, 0.3) is 5.91 Å². The van der Waals surface area contributed by atoms with E-state index in [9.17, 15) is 9.59 Å². The van der Waals surface area contributed by atoms with E-state index in [2.05, 4.69) is 5.32 Å². The Morgan fingerprint density at radius 2 is 2.00 bits per heavy atom. The summed E-state index contributed by atoms with van der Waals surface area (Å²) in [6, 6.07) is 7.45. The van der Waals surface area contributed by atoms with Gasteiger partial charge in [-0.1, -0.05) is 12.1 Å². The Morgan fingerprint density at radius 3 is 2.59 bits per heavy atom. The summed E-state index contributed by atoms with van der Waals surface area (Å²) in [5, 5.41) is 3.25. The first-order valence-corrected chi connectivity index (χ1v) is 7.75. The molecule has 1 amide bonds. The number of nitrogens with zero attached hydrogens (tertiary/aromatic N) is 1. The zero-order valence-corrected chi connectivity index (χ0v) is 13.5. The normalized spacial score (nSPS) is 17.1. The molecule has 0 bridgehead atoms. The summed E-state index contributed by atoms with van der Waals surface area (Å²) >= 11 is 0. The van der Waals surface area contributed by atoms with Gasteiger partial charge in [0.15, 0.2) is 11.9 Å². The number of piperidine rings is 1. The van der Waals surface area contributed by atoms with Crippen molar-refractivity contribution in [1.29, 1.82) is 0 Å². The Morgan fingerprint density at radius 1 is 1.32 bits per heavy atom. The fourth-order valence-electron chi connectivity index (χ4n) is 2.69. The highest BCUT2D eigenvalue weighted by atomic mass is 16.5. The van der Waals surface area contributed by atoms with Crippen molar-refractivity contribution < 1.29 is 14.3 Å². The molecule has 5 nitrogen and oxygen atoms in total. The smallest absolute Gasteiger partial charge is 0.263 e. The van der Waals surface area contributed by atoms with Gasteiger partial charge < -0.3 is 15.0 Å². The van der Waals surface area contributed by atoms with Crippen LogP contribution in [0.5, 0.6) is 5.75 Å². The van der Waals surface area contributed by atoms with Crippen molar-refractivity contribution in [2.75, 3.05) is 20.1 Å². The second-order valence-corrected chi connectivity index (χ2v) is 5.73. The molecule has 0 aliphatic carbocycles. The summed E-state index contributed by atoms with van der Waals surface area (Å²) in [5.74, 6) is 0.542. The van der Waals surface area contributed by atoms with Crippen molar-refractivity contribution in [3.63, 3.8) is 0 Å². The van der Waals surface area contributed by atoms with E-state index in [1.54, 1.807) is 31.2 Å². The van der Waals surface area contributed by atoms with Crippen molar-refractivity contribution in [1.82, 2.24) is 10.2 Å². The van der Waals surface area contributed by atoms with E-state index in [-0.39, 0.29) is 11.7 Å². The first kappa shape index (κ1) is 16.5. The van der Waals surface area contributed by atoms with Crippen molar-refractivity contribution in [3.05, 3.63) is 29.8 Å². The minimum atomic E-state index is -0.548. The molecule has 1 aromatic carbocycles. The van der Waals surface area contributed by atoms with Gasteiger partial charge in [-0.25, -0.2) is 0 Å². The highest BCUT2D eigenvalue weighted by molar-refractivity contribution is 5.94. The summed E-state index contributed by atoms with van der Waals surface area (Å²) in [6.07, 6.45) is 1.39. The van der Waals surface area contributed by atoms with E-state index in [4.69, 9.17) is 4.74 Å². The van der Waals surface area contributed by atoms with Crippen LogP contribution in [0.1, 0.15) is 37.0 Å². The first-order valence-electron chi connectivity index (χ1n) is 7.75. The second-order valence-electron chi connectivity index (χ2n) is 5.73. The number of carbonyl (C=O) groups is 2. The number of benzene rings is 1. The van der Waals surface area contributed by atoms with Crippen LogP contribution in [0.2, 0.25) is 0 Å². The van der Waals surface area contributed by atoms with E-state index in [0.717, 1.165) is 25.9 Å². The van der Waals surface area contributed by atoms with E-state index >= 15 is 0 Å². The molecule has 2 rings (SSSR count). The van der Waals surface area contributed by atoms with Gasteiger partial charge in [-0.15, -0.1) is 0 Å². The van der Waals surface area contributed by atoms with Gasteiger partial charge in [-0.05, 0) is 45.9 Å². The maximum atomic E-state index is 12.4. The lowest BCUT2D eigenvalue weighted by Gasteiger charge is -2.33. The zero-order valence-electron chi connectivity index (χ0n) is 13.5. The molecule has 1 N–H and O–H groups in total. The van der Waals surface area contributed by atoms with E-state index in [0.29, 0.717) is 17.4 Å². The van der Waals surface area contributed by atoms with Gasteiger partial charge in [-0.3, -0.25) is 9.59 Å². The summed E-state index contributed by atoms with van der Waals surface area (Å²) < 4.78 is 5.71. The first-order chi connectivity index (χ1) is 10.5. The van der Waals surface area contributed by atoms with Crippen LogP contribution in [0.15, 0.2) is 24.3 Å². The summed E-state index contributed by atoms with van der Waals surface area (Å²) in [4.78, 5) is 25.7. The van der Waals surface area contributed by atoms with Crippen LogP contribution < -0.4 is 10.1 Å². The molecule has 1 aliphatic heterocycles. The third-order valence-electron chi connectivity index (χ3n) is 4.12. The topological polar surface area (TPSA) is 58.6 Å². The number of hydrogen-bond donors (Lipinski definition) is 1. The predicted molar refractivity (Wildman–Crippen MR) is 85.2 cm³/mol. The summed E-state index contributed by atoms with van der Waals surface area (Å²) in [7, 11) is 1.95. The van der Waals surface area contributed by atoms with Crippen molar-refractivity contribution in [2.45, 2.75) is 38.8 Å². The van der Waals surface area contributed by atoms with Crippen LogP contribution in [0.3, 0.4) is 0 Å². The molecule has 1 saturated heterocycles. The highest BCUT2D eigenvalue weighted by Crippen LogP contribution is 2.17. The van der Waals surface area contributed by atoms with Crippen molar-refractivity contribution >= 4 is 11.7 Å². The zero-order chi connectivity index (χ0) is 16.1. The van der Waals surface area contributed by atoms with E-state index in [1.807, 2.05) is 11.9 Å². The maximum Gasteiger partial charge on any atom is 0.263 e. The average Bonchev–Trinajstić information content (AvgIpc) is 2.54. The van der Waals surface area contributed by atoms with Gasteiger partial charge in [0.2, 0.25) is 0 Å². The number of amides is 1. The van der Waals surface area contributed by atoms with Crippen LogP contribution in [0.4, 0.5) is 0 Å². The number of rotatable bonds is 5. The van der Waals surface area contributed by atoms with E-state index in [1.165, 1.54) is 6.92 Å². The van der Waals surface area contributed by atoms with E-state index < -0.39 is 6.10 Å². The fourth-order valence-corrected chi connectivity index (χ4v) is 2.69. The summed E-state index contributed by atoms with van der Waals surface area (Å²) in [6.45, 7) is 4.78. The molecule has 0 spiro atoms. The number of Topliss-reactive ketones (excluding diaryl/α,β-unsaturated/α-hetero) is 1. The van der Waals surface area contributed by atoms with Gasteiger partial charge >= 0.3 is 0 Å². The third kappa shape index (κ3) is 4.07. The number of hydrogen-bond acceptors (Lipinski definition) is 4. The lowest BCUT2D eigenvalue weighted by Crippen LogP contribution is -2.48. The molecule has 1 atom stereocenters. The standard InChI is InChI=1S/C17H24N2O3/c1-12(20)14-5-4-6-16(11-14)22-13(2)17(21)19-9-7-15(18-3)8-10-19/h4-6,11,13,15,18H,7-10H2,1-3H3. The summed E-state index contributed by atoms with van der Waals surface area (Å²) in [5.41, 5.74) is 0.590. The molecular formula is C17H24N2O3. The largest absolute Gasteiger partial charge is 0.481 e. The second kappa shape index (κ2) is 7.40. The molecule has 1 aliphatic rings. The average molecular weight is 304 g/mol. The van der Waals surface area contributed by atoms with Crippen LogP contribution in [0, 0.1) is 0 Å². The Labute approximate surface area is 131 Å². The molecule has 5 heteroatoms. The molecular weight excluding hydrogens is 280 g/mol. The number of carbonyl (C=O) groups excluding carboxylic acids is 2. The lowest BCUT2D eigenvalue weighted by atomic mass is 10.0. The van der Waals surface area contributed by atoms with Crippen LogP contribution in [-0.4, -0.2) is 48.9 Å². The Balaban J connectivity index is 1.94. The minimum absolute atomic E-state index is 0.00258. The Kier molecular flexibility index (Phi) is 5.55. The molecule has 0 saturated carbocycles. The lowest BCUT2D eigenvalue weighted by molar-refractivity contribution is -0.139. The maximum absolute atomic E-state index is 12.4. The SMILES string of the molecule is CNC1CCN(C(=O)C(C)Oc2cccc(C(C)=O)c2)CC1. The number of nitrogens with one attached hydrogen (secondary N) is 1.